The molecule has 0 bridgehead atoms. The SMILES string of the molecule is O=C(O)c1cc2c(nc1NCc1ccccn1)CCCC2. The fourth-order valence-electron chi connectivity index (χ4n) is 2.61. The molecule has 21 heavy (non-hydrogen) atoms. The summed E-state index contributed by atoms with van der Waals surface area (Å²) in [5.41, 5.74) is 3.19. The van der Waals surface area contributed by atoms with Crippen LogP contribution in [0.15, 0.2) is 30.5 Å². The van der Waals surface area contributed by atoms with Crippen LogP contribution in [0.5, 0.6) is 0 Å². The number of carboxylic acid groups (broad SMARTS) is 1. The minimum absolute atomic E-state index is 0.242. The molecule has 0 saturated heterocycles. The Morgan fingerprint density at radius 3 is 2.90 bits per heavy atom. The Bertz CT molecular complexity index is 656. The quantitative estimate of drug-likeness (QED) is 0.902. The highest BCUT2D eigenvalue weighted by molar-refractivity contribution is 5.93. The average Bonchev–Trinajstić information content (AvgIpc) is 2.53. The Labute approximate surface area is 123 Å². The Hall–Kier alpha value is -2.43. The second-order valence-corrected chi connectivity index (χ2v) is 5.18. The van der Waals surface area contributed by atoms with Crippen LogP contribution in [-0.4, -0.2) is 21.0 Å². The van der Waals surface area contributed by atoms with E-state index in [0.717, 1.165) is 42.6 Å². The molecule has 5 nitrogen and oxygen atoms in total. The summed E-state index contributed by atoms with van der Waals surface area (Å²) in [4.78, 5) is 20.2. The third-order valence-electron chi connectivity index (χ3n) is 3.69. The van der Waals surface area contributed by atoms with Crippen molar-refractivity contribution in [3.05, 3.63) is 53.0 Å². The lowest BCUT2D eigenvalue weighted by molar-refractivity contribution is 0.0697. The average molecular weight is 283 g/mol. The summed E-state index contributed by atoms with van der Waals surface area (Å²) in [6.07, 6.45) is 5.78. The lowest BCUT2D eigenvalue weighted by atomic mass is 9.94. The van der Waals surface area contributed by atoms with E-state index in [1.54, 1.807) is 12.3 Å². The molecule has 0 radical (unpaired) electrons. The number of hydrogen-bond acceptors (Lipinski definition) is 4. The number of hydrogen-bond donors (Lipinski definition) is 2. The first kappa shape index (κ1) is 13.5. The van der Waals surface area contributed by atoms with Crippen molar-refractivity contribution in [1.29, 1.82) is 0 Å². The molecule has 3 rings (SSSR count). The van der Waals surface area contributed by atoms with Gasteiger partial charge in [-0.1, -0.05) is 6.07 Å². The Balaban J connectivity index is 1.87. The Morgan fingerprint density at radius 1 is 1.29 bits per heavy atom. The molecule has 0 saturated carbocycles. The van der Waals surface area contributed by atoms with Gasteiger partial charge >= 0.3 is 5.97 Å². The Morgan fingerprint density at radius 2 is 2.14 bits per heavy atom. The molecule has 2 N–H and O–H groups in total. The number of aryl methyl sites for hydroxylation is 2. The first-order valence-electron chi connectivity index (χ1n) is 7.14. The maximum absolute atomic E-state index is 11.4. The van der Waals surface area contributed by atoms with Crippen molar-refractivity contribution < 1.29 is 9.90 Å². The van der Waals surface area contributed by atoms with Crippen molar-refractivity contribution >= 4 is 11.8 Å². The topological polar surface area (TPSA) is 75.1 Å². The summed E-state index contributed by atoms with van der Waals surface area (Å²) in [6.45, 7) is 0.465. The molecule has 0 aliphatic heterocycles. The summed E-state index contributed by atoms with van der Waals surface area (Å²) >= 11 is 0. The van der Waals surface area contributed by atoms with Crippen LogP contribution in [0.4, 0.5) is 5.82 Å². The van der Waals surface area contributed by atoms with Crippen LogP contribution in [0.3, 0.4) is 0 Å². The number of rotatable bonds is 4. The Kier molecular flexibility index (Phi) is 3.81. The highest BCUT2D eigenvalue weighted by Gasteiger charge is 2.18. The fourth-order valence-corrected chi connectivity index (χ4v) is 2.61. The zero-order chi connectivity index (χ0) is 14.7. The molecule has 5 heteroatoms. The number of pyridine rings is 2. The van der Waals surface area contributed by atoms with Crippen molar-refractivity contribution in [3.63, 3.8) is 0 Å². The van der Waals surface area contributed by atoms with Crippen molar-refractivity contribution in [2.45, 2.75) is 32.2 Å². The molecule has 0 fully saturated rings. The maximum atomic E-state index is 11.4. The number of aromatic carboxylic acids is 1. The molecule has 108 valence electrons. The number of aromatic nitrogens is 2. The van der Waals surface area contributed by atoms with Gasteiger partial charge in [0.25, 0.3) is 0 Å². The van der Waals surface area contributed by atoms with E-state index < -0.39 is 5.97 Å². The third-order valence-corrected chi connectivity index (χ3v) is 3.69. The fraction of sp³-hybridized carbons (Fsp3) is 0.312. The van der Waals surface area contributed by atoms with Crippen LogP contribution < -0.4 is 5.32 Å². The zero-order valence-electron chi connectivity index (χ0n) is 11.7. The standard InChI is InChI=1S/C16H17N3O2/c20-16(21)13-9-11-5-1-2-7-14(11)19-15(13)18-10-12-6-3-4-8-17-12/h3-4,6,8-9H,1-2,5,7,10H2,(H,18,19)(H,20,21). The first-order chi connectivity index (χ1) is 10.2. The van der Waals surface area contributed by atoms with Gasteiger partial charge in [-0.2, -0.15) is 0 Å². The van der Waals surface area contributed by atoms with Crippen LogP contribution in [0.25, 0.3) is 0 Å². The van der Waals surface area contributed by atoms with Gasteiger partial charge in [0.2, 0.25) is 0 Å². The van der Waals surface area contributed by atoms with Crippen LogP contribution in [0.1, 0.15) is 40.2 Å². The molecule has 0 aromatic carbocycles. The van der Waals surface area contributed by atoms with Crippen LogP contribution >= 0.6 is 0 Å². The minimum Gasteiger partial charge on any atom is -0.478 e. The summed E-state index contributed by atoms with van der Waals surface area (Å²) in [6, 6.07) is 7.42. The summed E-state index contributed by atoms with van der Waals surface area (Å²) in [5, 5.41) is 12.5. The molecule has 2 heterocycles. The van der Waals surface area contributed by atoms with E-state index in [-0.39, 0.29) is 5.56 Å². The largest absolute Gasteiger partial charge is 0.478 e. The number of nitrogens with zero attached hydrogens (tertiary/aromatic N) is 2. The molecule has 2 aromatic rings. The predicted molar refractivity (Wildman–Crippen MR) is 79.4 cm³/mol. The summed E-state index contributed by atoms with van der Waals surface area (Å²) < 4.78 is 0. The summed E-state index contributed by atoms with van der Waals surface area (Å²) in [5.74, 6) is -0.506. The number of anilines is 1. The molecular formula is C16H17N3O2. The number of carbonyl (C=O) groups is 1. The van der Waals surface area contributed by atoms with Gasteiger partial charge in [0.15, 0.2) is 0 Å². The second-order valence-electron chi connectivity index (χ2n) is 5.18. The molecule has 1 aliphatic carbocycles. The third kappa shape index (κ3) is 3.02. The second kappa shape index (κ2) is 5.91. The monoisotopic (exact) mass is 283 g/mol. The van der Waals surface area contributed by atoms with E-state index in [1.807, 2.05) is 18.2 Å². The molecule has 0 amide bonds. The van der Waals surface area contributed by atoms with Crippen LogP contribution in [-0.2, 0) is 19.4 Å². The van der Waals surface area contributed by atoms with Crippen molar-refractivity contribution in [2.75, 3.05) is 5.32 Å². The molecule has 0 spiro atoms. The van der Waals surface area contributed by atoms with Gasteiger partial charge in [0, 0.05) is 11.9 Å². The van der Waals surface area contributed by atoms with Gasteiger partial charge in [-0.15, -0.1) is 0 Å². The van der Waals surface area contributed by atoms with E-state index in [4.69, 9.17) is 0 Å². The van der Waals surface area contributed by atoms with E-state index in [9.17, 15) is 9.90 Å². The lowest BCUT2D eigenvalue weighted by Gasteiger charge is -2.18. The smallest absolute Gasteiger partial charge is 0.339 e. The van der Waals surface area contributed by atoms with E-state index >= 15 is 0 Å². The van der Waals surface area contributed by atoms with Gasteiger partial charge in [0.1, 0.15) is 11.4 Å². The maximum Gasteiger partial charge on any atom is 0.339 e. The summed E-state index contributed by atoms with van der Waals surface area (Å²) in [7, 11) is 0. The van der Waals surface area contributed by atoms with Gasteiger partial charge in [-0.3, -0.25) is 4.98 Å². The minimum atomic E-state index is -0.945. The van der Waals surface area contributed by atoms with Crippen LogP contribution in [0.2, 0.25) is 0 Å². The van der Waals surface area contributed by atoms with Crippen LogP contribution in [0, 0.1) is 0 Å². The van der Waals surface area contributed by atoms with E-state index in [1.165, 1.54) is 0 Å². The lowest BCUT2D eigenvalue weighted by Crippen LogP contribution is -2.14. The first-order valence-corrected chi connectivity index (χ1v) is 7.14. The zero-order valence-corrected chi connectivity index (χ0v) is 11.7. The van der Waals surface area contributed by atoms with Gasteiger partial charge < -0.3 is 10.4 Å². The molecule has 2 aromatic heterocycles. The number of fused-ring (bicyclic) bond motifs is 1. The van der Waals surface area contributed by atoms with Crippen molar-refractivity contribution in [1.82, 2.24) is 9.97 Å². The van der Waals surface area contributed by atoms with Gasteiger partial charge in [-0.25, -0.2) is 9.78 Å². The molecular weight excluding hydrogens is 266 g/mol. The van der Waals surface area contributed by atoms with E-state index in [0.29, 0.717) is 12.4 Å². The van der Waals surface area contributed by atoms with Gasteiger partial charge in [-0.05, 0) is 49.4 Å². The van der Waals surface area contributed by atoms with E-state index in [2.05, 4.69) is 15.3 Å². The predicted octanol–water partition coefficient (Wildman–Crippen LogP) is 2.67. The highest BCUT2D eigenvalue weighted by Crippen LogP contribution is 2.25. The van der Waals surface area contributed by atoms with Crippen molar-refractivity contribution in [2.24, 2.45) is 0 Å². The molecule has 1 aliphatic rings. The molecule has 0 unspecified atom stereocenters. The number of nitrogens with one attached hydrogen (secondary N) is 1. The number of carboxylic acids is 1. The van der Waals surface area contributed by atoms with Gasteiger partial charge in [0.05, 0.1) is 12.2 Å². The van der Waals surface area contributed by atoms with Crippen molar-refractivity contribution in [3.8, 4) is 0 Å². The normalized spacial score (nSPS) is 13.5. The molecule has 0 atom stereocenters. The highest BCUT2D eigenvalue weighted by atomic mass is 16.4.